The molecule has 1 saturated heterocycles. The predicted octanol–water partition coefficient (Wildman–Crippen LogP) is 3.40. The zero-order valence-corrected chi connectivity index (χ0v) is 15.5. The zero-order chi connectivity index (χ0) is 18.9. The summed E-state index contributed by atoms with van der Waals surface area (Å²) in [4.78, 5) is 13.1. The Labute approximate surface area is 163 Å². The second-order valence-electron chi connectivity index (χ2n) is 6.42. The molecule has 1 aliphatic heterocycles. The minimum absolute atomic E-state index is 0.266. The molecular formula is C18H16FN7OS. The van der Waals surface area contributed by atoms with Crippen molar-refractivity contribution in [1.29, 1.82) is 0 Å². The van der Waals surface area contributed by atoms with Crippen molar-refractivity contribution in [1.82, 2.24) is 25.4 Å². The molecule has 10 heteroatoms. The highest BCUT2D eigenvalue weighted by Crippen LogP contribution is 2.37. The lowest BCUT2D eigenvalue weighted by Crippen LogP contribution is -2.23. The van der Waals surface area contributed by atoms with Gasteiger partial charge in [0.25, 0.3) is 0 Å². The Morgan fingerprint density at radius 3 is 3.04 bits per heavy atom. The van der Waals surface area contributed by atoms with Gasteiger partial charge in [-0.2, -0.15) is 0 Å². The van der Waals surface area contributed by atoms with Crippen molar-refractivity contribution < 1.29 is 8.91 Å². The number of thiophene rings is 1. The van der Waals surface area contributed by atoms with Crippen LogP contribution in [0.2, 0.25) is 0 Å². The molecule has 1 atom stereocenters. The summed E-state index contributed by atoms with van der Waals surface area (Å²) in [5, 5.41) is 15.8. The highest BCUT2D eigenvalue weighted by molar-refractivity contribution is 7.18. The van der Waals surface area contributed by atoms with Gasteiger partial charge in [0.05, 0.1) is 22.1 Å². The molecule has 0 aromatic carbocycles. The highest BCUT2D eigenvalue weighted by Gasteiger charge is 2.21. The van der Waals surface area contributed by atoms with E-state index in [0.29, 0.717) is 28.5 Å². The van der Waals surface area contributed by atoms with E-state index < -0.39 is 5.82 Å². The predicted molar refractivity (Wildman–Crippen MR) is 105 cm³/mol. The molecule has 5 rings (SSSR count). The van der Waals surface area contributed by atoms with Gasteiger partial charge in [-0.1, -0.05) is 5.16 Å². The number of aromatic nitrogens is 4. The lowest BCUT2D eigenvalue weighted by molar-refractivity contribution is 0.423. The molecule has 1 aliphatic rings. The van der Waals surface area contributed by atoms with Crippen molar-refractivity contribution >= 4 is 38.9 Å². The summed E-state index contributed by atoms with van der Waals surface area (Å²) < 4.78 is 20.1. The third-order valence-electron chi connectivity index (χ3n) is 4.53. The summed E-state index contributed by atoms with van der Waals surface area (Å²) in [6.45, 7) is 1.82. The first-order valence-electron chi connectivity index (χ1n) is 8.82. The topological polar surface area (TPSA) is 101 Å². The maximum atomic E-state index is 14.3. The summed E-state index contributed by atoms with van der Waals surface area (Å²) in [5.74, 6) is 1.12. The summed E-state index contributed by atoms with van der Waals surface area (Å²) in [7, 11) is 0. The maximum absolute atomic E-state index is 14.3. The maximum Gasteiger partial charge on any atom is 0.173 e. The minimum Gasteiger partial charge on any atom is -0.365 e. The summed E-state index contributed by atoms with van der Waals surface area (Å²) >= 11 is 1.52. The van der Waals surface area contributed by atoms with Crippen LogP contribution in [0.1, 0.15) is 6.42 Å². The van der Waals surface area contributed by atoms with Crippen LogP contribution < -0.4 is 16.0 Å². The first-order valence-corrected chi connectivity index (χ1v) is 9.69. The Hall–Kier alpha value is -3.11. The van der Waals surface area contributed by atoms with Gasteiger partial charge in [0.2, 0.25) is 0 Å². The Bertz CT molecular complexity index is 1110. The molecule has 3 N–H and O–H groups in total. The number of anilines is 3. The van der Waals surface area contributed by atoms with Gasteiger partial charge in [-0.25, -0.2) is 14.4 Å². The van der Waals surface area contributed by atoms with Crippen molar-refractivity contribution in [3.63, 3.8) is 0 Å². The highest BCUT2D eigenvalue weighted by atomic mass is 32.1. The molecule has 0 aliphatic carbocycles. The largest absolute Gasteiger partial charge is 0.365 e. The fourth-order valence-corrected chi connectivity index (χ4v) is 4.06. The second kappa shape index (κ2) is 7.13. The third kappa shape index (κ3) is 3.16. The molecule has 1 fully saturated rings. The SMILES string of the molecule is Fc1cnccc1-c1nc(N[C@@H]2CCNC2)c2scc(Nc3ccon3)c2n1. The number of hydrogen-bond donors (Lipinski definition) is 3. The van der Waals surface area contributed by atoms with Crippen LogP contribution in [0.3, 0.4) is 0 Å². The molecule has 28 heavy (non-hydrogen) atoms. The number of pyridine rings is 1. The smallest absolute Gasteiger partial charge is 0.173 e. The molecule has 4 aromatic heterocycles. The first-order chi connectivity index (χ1) is 13.8. The molecule has 0 bridgehead atoms. The van der Waals surface area contributed by atoms with E-state index in [0.717, 1.165) is 29.9 Å². The number of nitrogens with zero attached hydrogens (tertiary/aromatic N) is 4. The Kier molecular flexibility index (Phi) is 4.34. The zero-order valence-electron chi connectivity index (χ0n) is 14.6. The lowest BCUT2D eigenvalue weighted by atomic mass is 10.2. The molecule has 8 nitrogen and oxygen atoms in total. The van der Waals surface area contributed by atoms with E-state index in [2.05, 4.69) is 36.1 Å². The van der Waals surface area contributed by atoms with Crippen LogP contribution >= 0.6 is 11.3 Å². The van der Waals surface area contributed by atoms with Crippen LogP contribution in [-0.4, -0.2) is 39.2 Å². The molecule has 0 amide bonds. The van der Waals surface area contributed by atoms with E-state index in [4.69, 9.17) is 4.52 Å². The van der Waals surface area contributed by atoms with Gasteiger partial charge in [0.15, 0.2) is 17.5 Å². The summed E-state index contributed by atoms with van der Waals surface area (Å²) in [6, 6.07) is 3.56. The Morgan fingerprint density at radius 1 is 1.29 bits per heavy atom. The van der Waals surface area contributed by atoms with E-state index in [1.165, 1.54) is 30.0 Å². The second-order valence-corrected chi connectivity index (χ2v) is 7.30. The Morgan fingerprint density at radius 2 is 2.25 bits per heavy atom. The number of rotatable bonds is 5. The summed E-state index contributed by atoms with van der Waals surface area (Å²) in [6.07, 6.45) is 5.19. The van der Waals surface area contributed by atoms with Crippen LogP contribution in [0.5, 0.6) is 0 Å². The molecule has 0 unspecified atom stereocenters. The van der Waals surface area contributed by atoms with Gasteiger partial charge in [-0.05, 0) is 19.0 Å². The summed E-state index contributed by atoms with van der Waals surface area (Å²) in [5.41, 5.74) is 1.77. The molecule has 0 spiro atoms. The molecular weight excluding hydrogens is 381 g/mol. The average Bonchev–Trinajstić information content (AvgIpc) is 3.46. The van der Waals surface area contributed by atoms with Crippen molar-refractivity contribution in [2.24, 2.45) is 0 Å². The van der Waals surface area contributed by atoms with E-state index in [1.54, 1.807) is 12.1 Å². The molecule has 0 radical (unpaired) electrons. The molecule has 142 valence electrons. The number of fused-ring (bicyclic) bond motifs is 1. The fraction of sp³-hybridized carbons (Fsp3) is 0.222. The van der Waals surface area contributed by atoms with Crippen molar-refractivity contribution in [3.05, 3.63) is 42.0 Å². The van der Waals surface area contributed by atoms with E-state index in [-0.39, 0.29) is 6.04 Å². The van der Waals surface area contributed by atoms with Crippen molar-refractivity contribution in [2.45, 2.75) is 12.5 Å². The van der Waals surface area contributed by atoms with Gasteiger partial charge in [0.1, 0.15) is 17.6 Å². The van der Waals surface area contributed by atoms with E-state index in [1.807, 2.05) is 5.38 Å². The van der Waals surface area contributed by atoms with Crippen LogP contribution in [0.25, 0.3) is 21.6 Å². The van der Waals surface area contributed by atoms with E-state index in [9.17, 15) is 4.39 Å². The Balaban J connectivity index is 1.63. The van der Waals surface area contributed by atoms with Crippen LogP contribution in [0.4, 0.5) is 21.7 Å². The number of nitrogens with one attached hydrogen (secondary N) is 3. The minimum atomic E-state index is -0.462. The van der Waals surface area contributed by atoms with Crippen molar-refractivity contribution in [2.75, 3.05) is 23.7 Å². The molecule has 0 saturated carbocycles. The van der Waals surface area contributed by atoms with Crippen LogP contribution in [0.15, 0.2) is 40.7 Å². The monoisotopic (exact) mass is 397 g/mol. The van der Waals surface area contributed by atoms with Crippen molar-refractivity contribution in [3.8, 4) is 11.4 Å². The number of halogens is 1. The van der Waals surface area contributed by atoms with Gasteiger partial charge in [0, 0.05) is 30.2 Å². The standard InChI is InChI=1S/C18H16FN7OS/c19-12-8-21-5-2-11(12)17-24-15-13(23-14-3-6-27-26-14)9-28-16(15)18(25-17)22-10-1-4-20-7-10/h2-3,5-6,8-10,20H,1,4,7H2,(H,23,26)(H,22,24,25)/t10-/m1/s1. The number of hydrogen-bond acceptors (Lipinski definition) is 9. The van der Waals surface area contributed by atoms with Crippen LogP contribution in [0, 0.1) is 5.82 Å². The van der Waals surface area contributed by atoms with Gasteiger partial charge in [-0.15, -0.1) is 11.3 Å². The third-order valence-corrected chi connectivity index (χ3v) is 5.51. The lowest BCUT2D eigenvalue weighted by Gasteiger charge is -2.14. The van der Waals surface area contributed by atoms with Gasteiger partial charge < -0.3 is 20.5 Å². The quantitative estimate of drug-likeness (QED) is 0.471. The van der Waals surface area contributed by atoms with Gasteiger partial charge in [-0.3, -0.25) is 4.98 Å². The molecule has 5 heterocycles. The van der Waals surface area contributed by atoms with Crippen LogP contribution in [-0.2, 0) is 0 Å². The first kappa shape index (κ1) is 17.0. The normalized spacial score (nSPS) is 16.5. The molecule has 4 aromatic rings. The fourth-order valence-electron chi connectivity index (χ4n) is 3.17. The van der Waals surface area contributed by atoms with Gasteiger partial charge >= 0.3 is 0 Å². The van der Waals surface area contributed by atoms with E-state index >= 15 is 0 Å². The average molecular weight is 397 g/mol.